The van der Waals surface area contributed by atoms with Gasteiger partial charge in [0.15, 0.2) is 0 Å². The molecule has 1 saturated heterocycles. The van der Waals surface area contributed by atoms with Gasteiger partial charge >= 0.3 is 0 Å². The van der Waals surface area contributed by atoms with E-state index < -0.39 is 22.0 Å². The summed E-state index contributed by atoms with van der Waals surface area (Å²) in [5, 5.41) is 5.11. The summed E-state index contributed by atoms with van der Waals surface area (Å²) >= 11 is 0. The SMILES string of the molecule is NS(=O)(=O)c1ccc(N2C(=O)CC(N(C(=O)C3CC3)C3CCCCC3)C2=O)cc1. The van der Waals surface area contributed by atoms with E-state index in [0.29, 0.717) is 0 Å². The minimum absolute atomic E-state index is 0.00306. The Morgan fingerprint density at radius 1 is 1.00 bits per heavy atom. The predicted molar refractivity (Wildman–Crippen MR) is 105 cm³/mol. The van der Waals surface area contributed by atoms with Gasteiger partial charge < -0.3 is 4.90 Å². The van der Waals surface area contributed by atoms with Crippen molar-refractivity contribution in [2.24, 2.45) is 11.1 Å². The van der Waals surface area contributed by atoms with Crippen LogP contribution >= 0.6 is 0 Å². The summed E-state index contributed by atoms with van der Waals surface area (Å²) in [5.41, 5.74) is 0.289. The fraction of sp³-hybridized carbons (Fsp3) is 0.550. The molecule has 1 unspecified atom stereocenters. The third kappa shape index (κ3) is 3.93. The molecule has 4 rings (SSSR count). The smallest absolute Gasteiger partial charge is 0.257 e. The largest absolute Gasteiger partial charge is 0.327 e. The highest BCUT2D eigenvalue weighted by Crippen LogP contribution is 2.37. The third-order valence-electron chi connectivity index (χ3n) is 6.03. The molecule has 156 valence electrons. The fourth-order valence-electron chi connectivity index (χ4n) is 4.38. The van der Waals surface area contributed by atoms with Crippen molar-refractivity contribution >= 4 is 33.4 Å². The molecular weight excluding hydrogens is 394 g/mol. The van der Waals surface area contributed by atoms with Crippen molar-refractivity contribution in [2.45, 2.75) is 68.3 Å². The molecule has 1 heterocycles. The first kappa shape index (κ1) is 20.0. The van der Waals surface area contributed by atoms with Gasteiger partial charge in [-0.25, -0.2) is 18.5 Å². The number of carbonyl (C=O) groups excluding carboxylic acids is 3. The van der Waals surface area contributed by atoms with Crippen LogP contribution in [-0.4, -0.2) is 43.1 Å². The van der Waals surface area contributed by atoms with Crippen LogP contribution in [0.25, 0.3) is 0 Å². The molecule has 0 aromatic heterocycles. The highest BCUT2D eigenvalue weighted by Gasteiger charge is 2.49. The number of rotatable bonds is 5. The van der Waals surface area contributed by atoms with Gasteiger partial charge in [0, 0.05) is 12.0 Å². The first-order chi connectivity index (χ1) is 13.8. The summed E-state index contributed by atoms with van der Waals surface area (Å²) in [4.78, 5) is 41.6. The van der Waals surface area contributed by atoms with E-state index in [0.717, 1.165) is 49.8 Å². The molecule has 1 aromatic carbocycles. The average molecular weight is 420 g/mol. The molecule has 9 heteroatoms. The lowest BCUT2D eigenvalue weighted by molar-refractivity contribution is -0.143. The van der Waals surface area contributed by atoms with E-state index in [4.69, 9.17) is 5.14 Å². The monoisotopic (exact) mass is 419 g/mol. The molecule has 8 nitrogen and oxygen atoms in total. The molecule has 2 saturated carbocycles. The molecule has 29 heavy (non-hydrogen) atoms. The minimum atomic E-state index is -3.86. The first-order valence-corrected chi connectivity index (χ1v) is 11.6. The Morgan fingerprint density at radius 2 is 1.62 bits per heavy atom. The number of hydrogen-bond donors (Lipinski definition) is 1. The standard InChI is InChI=1S/C20H25N3O5S/c21-29(27,28)16-10-8-15(9-11-16)23-18(24)12-17(20(23)26)22(19(25)13-6-7-13)14-4-2-1-3-5-14/h8-11,13-14,17H,1-7,12H2,(H2,21,27,28). The van der Waals surface area contributed by atoms with Crippen molar-refractivity contribution in [2.75, 3.05) is 4.90 Å². The van der Waals surface area contributed by atoms with Crippen LogP contribution in [0.3, 0.4) is 0 Å². The van der Waals surface area contributed by atoms with Gasteiger partial charge in [-0.3, -0.25) is 14.4 Å². The Balaban J connectivity index is 1.60. The van der Waals surface area contributed by atoms with Crippen LogP contribution in [0.1, 0.15) is 51.4 Å². The molecule has 3 amide bonds. The molecule has 1 atom stereocenters. The molecule has 3 fully saturated rings. The van der Waals surface area contributed by atoms with Crippen molar-refractivity contribution in [1.29, 1.82) is 0 Å². The zero-order valence-corrected chi connectivity index (χ0v) is 16.9. The Hall–Kier alpha value is -2.26. The van der Waals surface area contributed by atoms with Gasteiger partial charge in [-0.05, 0) is 49.9 Å². The highest BCUT2D eigenvalue weighted by atomic mass is 32.2. The van der Waals surface area contributed by atoms with Crippen molar-refractivity contribution < 1.29 is 22.8 Å². The lowest BCUT2D eigenvalue weighted by Gasteiger charge is -2.37. The van der Waals surface area contributed by atoms with E-state index in [1.165, 1.54) is 24.3 Å². The van der Waals surface area contributed by atoms with Gasteiger partial charge in [0.2, 0.25) is 21.8 Å². The molecule has 2 N–H and O–H groups in total. The molecule has 1 aromatic rings. The quantitative estimate of drug-likeness (QED) is 0.726. The normalized spacial score (nSPS) is 23.5. The van der Waals surface area contributed by atoms with Crippen molar-refractivity contribution in [3.05, 3.63) is 24.3 Å². The maximum atomic E-state index is 13.2. The topological polar surface area (TPSA) is 118 Å². The van der Waals surface area contributed by atoms with E-state index in [1.807, 2.05) is 0 Å². The van der Waals surface area contributed by atoms with Gasteiger partial charge in [-0.1, -0.05) is 19.3 Å². The van der Waals surface area contributed by atoms with Gasteiger partial charge in [0.1, 0.15) is 6.04 Å². The minimum Gasteiger partial charge on any atom is -0.327 e. The van der Waals surface area contributed by atoms with Gasteiger partial charge in [0.25, 0.3) is 5.91 Å². The summed E-state index contributed by atoms with van der Waals surface area (Å²) in [6.07, 6.45) is 6.54. The summed E-state index contributed by atoms with van der Waals surface area (Å²) in [6.45, 7) is 0. The van der Waals surface area contributed by atoms with Gasteiger partial charge in [0.05, 0.1) is 17.0 Å². The highest BCUT2D eigenvalue weighted by molar-refractivity contribution is 7.89. The summed E-state index contributed by atoms with van der Waals surface area (Å²) in [6, 6.07) is 4.55. The number of sulfonamides is 1. The van der Waals surface area contributed by atoms with Crippen LogP contribution in [0, 0.1) is 5.92 Å². The number of imide groups is 1. The zero-order valence-electron chi connectivity index (χ0n) is 16.1. The number of nitrogens with zero attached hydrogens (tertiary/aromatic N) is 2. The molecule has 0 spiro atoms. The van der Waals surface area contributed by atoms with E-state index in [-0.39, 0.29) is 40.8 Å². The molecule has 0 radical (unpaired) electrons. The van der Waals surface area contributed by atoms with Crippen LogP contribution in [-0.2, 0) is 24.4 Å². The molecule has 0 bridgehead atoms. The second kappa shape index (κ2) is 7.53. The number of amides is 3. The number of benzene rings is 1. The van der Waals surface area contributed by atoms with Crippen LogP contribution in [0.5, 0.6) is 0 Å². The van der Waals surface area contributed by atoms with Crippen molar-refractivity contribution in [3.8, 4) is 0 Å². The number of primary sulfonamides is 1. The number of hydrogen-bond acceptors (Lipinski definition) is 5. The van der Waals surface area contributed by atoms with E-state index in [9.17, 15) is 22.8 Å². The summed E-state index contributed by atoms with van der Waals surface area (Å²) < 4.78 is 22.9. The van der Waals surface area contributed by atoms with Gasteiger partial charge in [-0.2, -0.15) is 0 Å². The zero-order chi connectivity index (χ0) is 20.8. The Labute approximate surface area is 170 Å². The van der Waals surface area contributed by atoms with E-state index in [1.54, 1.807) is 4.90 Å². The van der Waals surface area contributed by atoms with Crippen LogP contribution in [0.15, 0.2) is 29.2 Å². The number of carbonyl (C=O) groups is 3. The lowest BCUT2D eigenvalue weighted by Crippen LogP contribution is -2.52. The van der Waals surface area contributed by atoms with E-state index in [2.05, 4.69) is 0 Å². The third-order valence-corrected chi connectivity index (χ3v) is 6.96. The molecular formula is C20H25N3O5S. The maximum Gasteiger partial charge on any atom is 0.257 e. The average Bonchev–Trinajstić information content (AvgIpc) is 3.49. The summed E-state index contributed by atoms with van der Waals surface area (Å²) in [7, 11) is -3.86. The van der Waals surface area contributed by atoms with E-state index >= 15 is 0 Å². The van der Waals surface area contributed by atoms with Crippen molar-refractivity contribution in [3.63, 3.8) is 0 Å². The molecule has 1 aliphatic heterocycles. The Bertz CT molecular complexity index is 933. The maximum absolute atomic E-state index is 13.2. The second-order valence-electron chi connectivity index (χ2n) is 8.14. The van der Waals surface area contributed by atoms with Crippen LogP contribution in [0.4, 0.5) is 5.69 Å². The molecule has 3 aliphatic rings. The van der Waals surface area contributed by atoms with Crippen LogP contribution < -0.4 is 10.0 Å². The molecule has 2 aliphatic carbocycles. The Morgan fingerprint density at radius 3 is 2.17 bits per heavy atom. The lowest BCUT2D eigenvalue weighted by atomic mass is 9.92. The van der Waals surface area contributed by atoms with Gasteiger partial charge in [-0.15, -0.1) is 0 Å². The summed E-state index contributed by atoms with van der Waals surface area (Å²) in [5.74, 6) is -0.830. The second-order valence-corrected chi connectivity index (χ2v) is 9.70. The first-order valence-electron chi connectivity index (χ1n) is 10.1. The number of nitrogens with two attached hydrogens (primary N) is 1. The van der Waals surface area contributed by atoms with Crippen LogP contribution in [0.2, 0.25) is 0 Å². The fourth-order valence-corrected chi connectivity index (χ4v) is 4.89. The Kier molecular flexibility index (Phi) is 5.20. The predicted octanol–water partition coefficient (Wildman–Crippen LogP) is 1.54. The number of anilines is 1. The van der Waals surface area contributed by atoms with Crippen molar-refractivity contribution in [1.82, 2.24) is 4.90 Å².